The number of quaternary nitrogens is 1. The lowest BCUT2D eigenvalue weighted by atomic mass is 11.4. The summed E-state index contributed by atoms with van der Waals surface area (Å²) in [5.74, 6) is 0. The maximum absolute atomic E-state index is 10.8. The van der Waals surface area contributed by atoms with Crippen molar-refractivity contribution in [1.82, 2.24) is 0 Å². The molecule has 0 aromatic heterocycles. The summed E-state index contributed by atoms with van der Waals surface area (Å²) in [4.78, 5) is 0. The van der Waals surface area contributed by atoms with Crippen LogP contribution in [-0.4, -0.2) is 11.1 Å². The molecule has 0 rings (SSSR count). The van der Waals surface area contributed by atoms with Crippen LogP contribution >= 0.6 is 0 Å². The van der Waals surface area contributed by atoms with Crippen LogP contribution in [0.4, 0.5) is 13.4 Å². The zero-order valence-corrected chi connectivity index (χ0v) is 3.51. The van der Waals surface area contributed by atoms with E-state index in [9.17, 15) is 13.4 Å². The fourth-order valence-electron chi connectivity index (χ4n) is 0. The fourth-order valence-corrected chi connectivity index (χ4v) is 0. The van der Waals surface area contributed by atoms with Crippen LogP contribution in [0.25, 0.3) is 0 Å². The first kappa shape index (κ1) is 6.10. The summed E-state index contributed by atoms with van der Waals surface area (Å²) in [6, 6.07) is 0. The minimum Gasteiger partial charge on any atom is -0.390 e. The number of hydrogen-bond donors (Lipinski definition) is 0. The van der Waals surface area contributed by atoms with E-state index >= 15 is 0 Å². The first-order valence-corrected chi connectivity index (χ1v) is 1.47. The van der Waals surface area contributed by atoms with Crippen LogP contribution in [-0.2, 0) is 12.8 Å². The Hall–Kier alpha value is 0.100. The molecular weight excluding hydrogens is 115 g/mol. The summed E-state index contributed by atoms with van der Waals surface area (Å²) >= 11 is 3.22. The normalized spacial score (nSPS) is 12.0. The topological polar surface area (TPSA) is 0 Å². The predicted molar refractivity (Wildman–Crippen MR) is 15.8 cm³/mol. The van der Waals surface area contributed by atoms with Gasteiger partial charge in [-0.05, 0) is 4.33 Å². The molecule has 0 aliphatic carbocycles. The van der Waals surface area contributed by atoms with Gasteiger partial charge in [-0.25, -0.2) is 0 Å². The Kier molecular flexibility index (Phi) is 1.73. The zero-order chi connectivity index (χ0) is 5.21. The average molecular weight is 117 g/mol. The highest BCUT2D eigenvalue weighted by molar-refractivity contribution is 7.51. The SMILES string of the molecule is FC[N+](F)(F)[S-]. The Labute approximate surface area is 38.4 Å². The van der Waals surface area contributed by atoms with Crippen molar-refractivity contribution in [3.8, 4) is 0 Å². The Bertz CT molecular complexity index is 40.5. The second kappa shape index (κ2) is 1.70. The Morgan fingerprint density at radius 3 is 1.67 bits per heavy atom. The predicted octanol–water partition coefficient (Wildman–Crippen LogP) is 0.961. The van der Waals surface area contributed by atoms with E-state index in [-0.39, 0.29) is 0 Å². The van der Waals surface area contributed by atoms with Crippen molar-refractivity contribution in [2.45, 2.75) is 0 Å². The maximum atomic E-state index is 10.8. The molecule has 0 N–H and O–H groups in total. The van der Waals surface area contributed by atoms with Gasteiger partial charge in [-0.3, -0.25) is 0 Å². The lowest BCUT2D eigenvalue weighted by Gasteiger charge is -2.09. The van der Waals surface area contributed by atoms with Gasteiger partial charge in [-0.1, -0.05) is 0 Å². The first-order chi connectivity index (χ1) is 2.56. The van der Waals surface area contributed by atoms with Crippen LogP contribution in [0.1, 0.15) is 0 Å². The summed E-state index contributed by atoms with van der Waals surface area (Å²) in [5, 5.41) is 0. The molecular formula is CH2F3NS. The van der Waals surface area contributed by atoms with E-state index in [1.54, 1.807) is 0 Å². The Morgan fingerprint density at radius 1 is 1.50 bits per heavy atom. The smallest absolute Gasteiger partial charge is 0.274 e. The van der Waals surface area contributed by atoms with Crippen LogP contribution in [0, 0.1) is 0 Å². The van der Waals surface area contributed by atoms with E-state index in [0.29, 0.717) is 0 Å². The molecule has 38 valence electrons. The molecule has 0 atom stereocenters. The second-order valence-corrected chi connectivity index (χ2v) is 1.22. The highest BCUT2D eigenvalue weighted by atomic mass is 32.1. The van der Waals surface area contributed by atoms with E-state index in [1.165, 1.54) is 0 Å². The van der Waals surface area contributed by atoms with Crippen LogP contribution < -0.4 is 0 Å². The molecule has 0 aliphatic rings. The highest BCUT2D eigenvalue weighted by Gasteiger charge is 2.09. The van der Waals surface area contributed by atoms with Crippen molar-refractivity contribution in [2.75, 3.05) is 6.80 Å². The molecule has 0 unspecified atom stereocenters. The molecule has 0 aliphatic heterocycles. The zero-order valence-electron chi connectivity index (χ0n) is 2.70. The van der Waals surface area contributed by atoms with Gasteiger partial charge < -0.3 is 12.8 Å². The van der Waals surface area contributed by atoms with E-state index in [4.69, 9.17) is 0 Å². The van der Waals surface area contributed by atoms with Crippen molar-refractivity contribution in [3.05, 3.63) is 0 Å². The van der Waals surface area contributed by atoms with E-state index < -0.39 is 11.1 Å². The third kappa shape index (κ3) is 4.10. The molecule has 0 aromatic carbocycles. The van der Waals surface area contributed by atoms with Crippen molar-refractivity contribution in [1.29, 1.82) is 0 Å². The molecule has 0 saturated heterocycles. The van der Waals surface area contributed by atoms with Gasteiger partial charge in [0.15, 0.2) is 0 Å². The Morgan fingerprint density at radius 2 is 1.67 bits per heavy atom. The fraction of sp³-hybridized carbons (Fsp3) is 1.00. The van der Waals surface area contributed by atoms with Crippen LogP contribution in [0.5, 0.6) is 0 Å². The number of halogens is 3. The molecule has 0 radical (unpaired) electrons. The molecule has 0 amide bonds. The van der Waals surface area contributed by atoms with Crippen molar-refractivity contribution in [2.24, 2.45) is 0 Å². The summed E-state index contributed by atoms with van der Waals surface area (Å²) in [5.41, 5.74) is 0. The van der Waals surface area contributed by atoms with Crippen LogP contribution in [0.3, 0.4) is 0 Å². The second-order valence-electron chi connectivity index (χ2n) is 0.690. The molecule has 0 aromatic rings. The summed E-state index contributed by atoms with van der Waals surface area (Å²) in [6.07, 6.45) is 0. The van der Waals surface area contributed by atoms with Gasteiger partial charge in [0.25, 0.3) is 6.80 Å². The van der Waals surface area contributed by atoms with Gasteiger partial charge in [-0.15, -0.1) is 0 Å². The highest BCUT2D eigenvalue weighted by Crippen LogP contribution is 2.03. The third-order valence-electron chi connectivity index (χ3n) is 0.139. The van der Waals surface area contributed by atoms with Gasteiger partial charge >= 0.3 is 0 Å². The van der Waals surface area contributed by atoms with Crippen LogP contribution in [0.2, 0.25) is 0 Å². The quantitative estimate of drug-likeness (QED) is 0.280. The average Bonchev–Trinajstić information content (AvgIpc) is 1.35. The monoisotopic (exact) mass is 117 g/mol. The largest absolute Gasteiger partial charge is 0.390 e. The van der Waals surface area contributed by atoms with Gasteiger partial charge in [0, 0.05) is 8.96 Å². The number of hydrogen-bond acceptors (Lipinski definition) is 1. The van der Waals surface area contributed by atoms with Gasteiger partial charge in [-0.2, -0.15) is 4.39 Å². The minimum atomic E-state index is -3.01. The molecule has 0 spiro atoms. The van der Waals surface area contributed by atoms with Crippen LogP contribution in [0.15, 0.2) is 0 Å². The number of alkyl halides is 1. The van der Waals surface area contributed by atoms with Crippen molar-refractivity contribution in [3.63, 3.8) is 0 Å². The summed E-state index contributed by atoms with van der Waals surface area (Å²) < 4.78 is 29.3. The van der Waals surface area contributed by atoms with Crippen molar-refractivity contribution >= 4 is 12.8 Å². The van der Waals surface area contributed by atoms with Gasteiger partial charge in [0.05, 0.1) is 0 Å². The summed E-state index contributed by atoms with van der Waals surface area (Å²) in [6.45, 7) is -1.81. The first-order valence-electron chi connectivity index (χ1n) is 1.10. The third-order valence-corrected chi connectivity index (χ3v) is 0.237. The number of nitrogens with zero attached hydrogens (tertiary/aromatic N) is 1. The molecule has 0 heterocycles. The lowest BCUT2D eigenvalue weighted by molar-refractivity contribution is -1.07. The molecule has 5 heteroatoms. The molecule has 0 saturated carbocycles. The van der Waals surface area contributed by atoms with Crippen molar-refractivity contribution < 1.29 is 17.7 Å². The standard InChI is InChI=1S/CH2F3NS/c2-1-5(3,4)6/h1H2. The summed E-state index contributed by atoms with van der Waals surface area (Å²) in [7, 11) is 0. The van der Waals surface area contributed by atoms with E-state index in [2.05, 4.69) is 12.8 Å². The van der Waals surface area contributed by atoms with Gasteiger partial charge in [0.2, 0.25) is 0 Å². The maximum Gasteiger partial charge on any atom is 0.274 e. The van der Waals surface area contributed by atoms with Gasteiger partial charge in [0.1, 0.15) is 0 Å². The Balaban J connectivity index is 3.17. The lowest BCUT2D eigenvalue weighted by Crippen LogP contribution is -2.19. The van der Waals surface area contributed by atoms with E-state index in [1.807, 2.05) is 0 Å². The molecule has 0 fully saturated rings. The molecule has 1 nitrogen and oxygen atoms in total. The molecule has 6 heavy (non-hydrogen) atoms. The minimum absolute atomic E-state index is 1.81. The number of rotatable bonds is 1. The molecule has 0 bridgehead atoms. The van der Waals surface area contributed by atoms with E-state index in [0.717, 1.165) is 0 Å².